The number of urea groups is 2. The maximum absolute atomic E-state index is 15.0. The van der Waals surface area contributed by atoms with Crippen molar-refractivity contribution in [1.29, 1.82) is 0 Å². The number of hydrogen-bond donors (Lipinski definition) is 1. The molecule has 5 amide bonds. The van der Waals surface area contributed by atoms with Crippen molar-refractivity contribution in [2.24, 2.45) is 0 Å². The Morgan fingerprint density at radius 2 is 1.09 bits per heavy atom. The number of hydrogen-bond acceptors (Lipinski definition) is 7. The van der Waals surface area contributed by atoms with Crippen LogP contribution in [0.15, 0.2) is 89.3 Å². The molecule has 69 heavy (non-hydrogen) atoms. The normalized spacial score (nSPS) is 14.1. The first kappa shape index (κ1) is 51.5. The second-order valence-electron chi connectivity index (χ2n) is 16.5. The monoisotopic (exact) mass is 969 g/mol. The number of aryl methyl sites for hydroxylation is 2. The Kier molecular flexibility index (Phi) is 17.1. The predicted octanol–water partition coefficient (Wildman–Crippen LogP) is 10.9. The molecule has 0 spiro atoms. The Hall–Kier alpha value is -6.86. The van der Waals surface area contributed by atoms with E-state index in [1.165, 1.54) is 39.4 Å². The van der Waals surface area contributed by atoms with Crippen LogP contribution in [-0.4, -0.2) is 82.6 Å². The quantitative estimate of drug-likeness (QED) is 0.0972. The lowest BCUT2D eigenvalue weighted by Crippen LogP contribution is -2.45. The van der Waals surface area contributed by atoms with Crippen LogP contribution < -0.4 is 15.1 Å². The number of carbonyl (C=O) groups excluding carboxylic acids is 4. The summed E-state index contributed by atoms with van der Waals surface area (Å²) in [6.45, 7) is 5.51. The molecule has 20 heteroatoms. The standard InChI is InChI=1S/C25H27F4N3O3.C24H24F4N4O2/c1-2-17-6-10-20(11-7-17)32(24(35)31-12-4-3-5-13-31)16-19-9-8-18(14-21(19)26)22(33)15-30-23(34)25(27,28)29;1-2-16-6-10-19(11-7-16)32(23(33)31-12-4-3-5-13-31)15-18-9-8-17(14-20(18)25)21-29-30-22(34-21)24(26,27)28/h6-11,14H,2-5,12-13,15-16H2,1H3,(H,30,34);6-11,14H,2-5,12-13,15H2,1H3. The van der Waals surface area contributed by atoms with Crippen LogP contribution in [0.1, 0.15) is 90.9 Å². The molecule has 0 atom stereocenters. The largest absolute Gasteiger partial charge is 0.471 e. The number of benzene rings is 4. The molecule has 0 unspecified atom stereocenters. The first-order valence-corrected chi connectivity index (χ1v) is 22.5. The SMILES string of the molecule is CCc1ccc(N(Cc2ccc(-c3nnc(C(F)(F)F)o3)cc2F)C(=O)N2CCCCC2)cc1.CCc1ccc(N(Cc2ccc(C(=O)CNC(=O)C(F)(F)F)cc2F)C(=O)N2CCCCC2)cc1. The average molecular weight is 970 g/mol. The first-order chi connectivity index (χ1) is 32.9. The van der Waals surface area contributed by atoms with E-state index in [2.05, 4.69) is 14.6 Å². The van der Waals surface area contributed by atoms with E-state index in [4.69, 9.17) is 0 Å². The second-order valence-corrected chi connectivity index (χ2v) is 16.5. The number of anilines is 2. The summed E-state index contributed by atoms with van der Waals surface area (Å²) < 4.78 is 110. The van der Waals surface area contributed by atoms with Gasteiger partial charge in [0.25, 0.3) is 0 Å². The van der Waals surface area contributed by atoms with Crippen molar-refractivity contribution in [1.82, 2.24) is 25.3 Å². The molecule has 5 aromatic rings. The summed E-state index contributed by atoms with van der Waals surface area (Å²) in [5, 5.41) is 7.81. The minimum Gasteiger partial charge on any atom is -0.413 e. The Morgan fingerprint density at radius 1 is 0.623 bits per heavy atom. The van der Waals surface area contributed by atoms with Crippen molar-refractivity contribution in [3.63, 3.8) is 0 Å². The number of piperidine rings is 2. The van der Waals surface area contributed by atoms with E-state index in [1.54, 1.807) is 21.9 Å². The molecule has 2 aliphatic heterocycles. The topological polar surface area (TPSA) is 132 Å². The number of halogens is 8. The van der Waals surface area contributed by atoms with Crippen LogP contribution in [0.5, 0.6) is 0 Å². The molecule has 0 saturated carbocycles. The maximum Gasteiger partial charge on any atom is 0.471 e. The molecule has 3 heterocycles. The summed E-state index contributed by atoms with van der Waals surface area (Å²) in [7, 11) is 0. The zero-order valence-corrected chi connectivity index (χ0v) is 37.9. The minimum atomic E-state index is -5.12. The van der Waals surface area contributed by atoms with Gasteiger partial charge in [0.05, 0.1) is 19.6 Å². The number of rotatable bonds is 12. The third-order valence-corrected chi connectivity index (χ3v) is 11.7. The van der Waals surface area contributed by atoms with Gasteiger partial charge >= 0.3 is 36.2 Å². The maximum atomic E-state index is 15.0. The highest BCUT2D eigenvalue weighted by Crippen LogP contribution is 2.32. The predicted molar refractivity (Wildman–Crippen MR) is 240 cm³/mol. The zero-order valence-electron chi connectivity index (χ0n) is 37.9. The van der Waals surface area contributed by atoms with Crippen molar-refractivity contribution in [3.8, 4) is 11.5 Å². The van der Waals surface area contributed by atoms with Crippen LogP contribution in [0.2, 0.25) is 0 Å². The average Bonchev–Trinajstić information content (AvgIpc) is 3.87. The molecule has 0 bridgehead atoms. The van der Waals surface area contributed by atoms with Gasteiger partial charge in [-0.15, -0.1) is 10.2 Å². The summed E-state index contributed by atoms with van der Waals surface area (Å²) in [5.74, 6) is -6.52. The Balaban J connectivity index is 0.000000227. The molecule has 7 rings (SSSR count). The van der Waals surface area contributed by atoms with Crippen molar-refractivity contribution < 1.29 is 58.7 Å². The van der Waals surface area contributed by atoms with Crippen molar-refractivity contribution >= 4 is 35.1 Å². The highest BCUT2D eigenvalue weighted by molar-refractivity contribution is 6.00. The lowest BCUT2D eigenvalue weighted by Gasteiger charge is -2.33. The summed E-state index contributed by atoms with van der Waals surface area (Å²) in [5.41, 5.74) is 3.64. The van der Waals surface area contributed by atoms with Crippen molar-refractivity contribution in [3.05, 3.63) is 130 Å². The lowest BCUT2D eigenvalue weighted by atomic mass is 10.1. The zero-order chi connectivity index (χ0) is 49.9. The fourth-order valence-electron chi connectivity index (χ4n) is 7.69. The van der Waals surface area contributed by atoms with E-state index in [9.17, 15) is 49.9 Å². The third kappa shape index (κ3) is 13.7. The molecule has 2 fully saturated rings. The number of ketones is 1. The molecule has 0 radical (unpaired) electrons. The van der Waals surface area contributed by atoms with Crippen LogP contribution in [0.4, 0.5) is 56.1 Å². The van der Waals surface area contributed by atoms with Gasteiger partial charge in [-0.25, -0.2) is 18.4 Å². The molecular weight excluding hydrogens is 919 g/mol. The number of alkyl halides is 6. The minimum absolute atomic E-state index is 0.0189. The van der Waals surface area contributed by atoms with Gasteiger partial charge in [0.2, 0.25) is 5.89 Å². The van der Waals surface area contributed by atoms with E-state index in [0.717, 1.165) is 74.6 Å². The fourth-order valence-corrected chi connectivity index (χ4v) is 7.69. The van der Waals surface area contributed by atoms with Gasteiger partial charge in [-0.05, 0) is 105 Å². The van der Waals surface area contributed by atoms with E-state index in [0.29, 0.717) is 37.6 Å². The highest BCUT2D eigenvalue weighted by atomic mass is 19.4. The van der Waals surface area contributed by atoms with E-state index < -0.39 is 54.0 Å². The number of Topliss-reactive ketones (excluding diaryl/α,β-unsaturated/α-hetero) is 1. The smallest absolute Gasteiger partial charge is 0.413 e. The molecule has 2 saturated heterocycles. The molecule has 4 aromatic carbocycles. The molecular formula is C49H51F8N7O5. The number of amides is 5. The number of carbonyl (C=O) groups is 4. The van der Waals surface area contributed by atoms with E-state index >= 15 is 4.39 Å². The lowest BCUT2D eigenvalue weighted by molar-refractivity contribution is -0.173. The van der Waals surface area contributed by atoms with Crippen molar-refractivity contribution in [2.75, 3.05) is 42.5 Å². The summed E-state index contributed by atoms with van der Waals surface area (Å²) in [6.07, 6.45) is -2.49. The Labute approximate surface area is 393 Å². The van der Waals surface area contributed by atoms with Crippen LogP contribution in [0.25, 0.3) is 11.5 Å². The second kappa shape index (κ2) is 23.0. The van der Waals surface area contributed by atoms with Gasteiger partial charge in [0.1, 0.15) is 11.6 Å². The number of nitrogens with one attached hydrogen (secondary N) is 1. The van der Waals surface area contributed by atoms with E-state index in [1.807, 2.05) is 50.2 Å². The number of likely N-dealkylation sites (tertiary alicyclic amines) is 2. The molecule has 1 aromatic heterocycles. The molecule has 1 N–H and O–H groups in total. The summed E-state index contributed by atoms with van der Waals surface area (Å²) in [6, 6.07) is 21.8. The fraction of sp³-hybridized carbons (Fsp3) is 0.388. The van der Waals surface area contributed by atoms with Gasteiger partial charge in [-0.2, -0.15) is 26.3 Å². The van der Waals surface area contributed by atoms with Crippen LogP contribution >= 0.6 is 0 Å². The molecule has 0 aliphatic carbocycles. The molecule has 2 aliphatic rings. The van der Waals surface area contributed by atoms with E-state index in [-0.39, 0.29) is 47.4 Å². The highest BCUT2D eigenvalue weighted by Gasteiger charge is 2.39. The Bertz CT molecular complexity index is 2560. The first-order valence-electron chi connectivity index (χ1n) is 22.5. The van der Waals surface area contributed by atoms with Crippen LogP contribution in [0, 0.1) is 11.6 Å². The number of aromatic nitrogens is 2. The van der Waals surface area contributed by atoms with Crippen LogP contribution in [-0.2, 0) is 36.9 Å². The van der Waals surface area contributed by atoms with Gasteiger partial charge in [0, 0.05) is 59.8 Å². The Morgan fingerprint density at radius 3 is 1.49 bits per heavy atom. The molecule has 368 valence electrons. The van der Waals surface area contributed by atoms with Gasteiger partial charge < -0.3 is 19.5 Å². The third-order valence-electron chi connectivity index (χ3n) is 11.7. The van der Waals surface area contributed by atoms with Gasteiger partial charge in [-0.1, -0.05) is 56.3 Å². The molecule has 12 nitrogen and oxygen atoms in total. The number of nitrogens with zero attached hydrogens (tertiary/aromatic N) is 6. The van der Waals surface area contributed by atoms with Gasteiger partial charge in [0.15, 0.2) is 5.78 Å². The summed E-state index contributed by atoms with van der Waals surface area (Å²) >= 11 is 0. The summed E-state index contributed by atoms with van der Waals surface area (Å²) in [4.78, 5) is 56.2. The van der Waals surface area contributed by atoms with Crippen molar-refractivity contribution in [2.45, 2.75) is 90.7 Å². The van der Waals surface area contributed by atoms with Gasteiger partial charge in [-0.3, -0.25) is 19.4 Å². The van der Waals surface area contributed by atoms with Crippen LogP contribution in [0.3, 0.4) is 0 Å².